The SMILES string of the molecule is Cc1ccc(S(=O)(=O)O[C@@H]2CN(C(=O)OC(C)(C)C)C[C@@H]3OC(C)(C)O[C@@H]32)cc1. The molecule has 0 unspecified atom stereocenters. The molecule has 2 aliphatic rings. The number of nitrogens with zero attached hydrogens (tertiary/aromatic N) is 1. The molecule has 1 amide bonds. The molecule has 2 aliphatic heterocycles. The van der Waals surface area contributed by atoms with Crippen molar-refractivity contribution in [3.05, 3.63) is 29.8 Å². The smallest absolute Gasteiger partial charge is 0.410 e. The summed E-state index contributed by atoms with van der Waals surface area (Å²) in [6, 6.07) is 6.38. The Labute approximate surface area is 172 Å². The van der Waals surface area contributed by atoms with Crippen LogP contribution in [0.15, 0.2) is 29.2 Å². The number of benzene rings is 1. The molecule has 2 saturated heterocycles. The first kappa shape index (κ1) is 22.0. The van der Waals surface area contributed by atoms with E-state index in [1.165, 1.54) is 17.0 Å². The summed E-state index contributed by atoms with van der Waals surface area (Å²) in [4.78, 5) is 14.0. The zero-order valence-electron chi connectivity index (χ0n) is 17.7. The second-order valence-electron chi connectivity index (χ2n) is 8.93. The lowest BCUT2D eigenvalue weighted by atomic mass is 10.0. The summed E-state index contributed by atoms with van der Waals surface area (Å²) >= 11 is 0. The molecule has 3 atom stereocenters. The molecule has 1 aromatic carbocycles. The first-order valence-corrected chi connectivity index (χ1v) is 11.0. The van der Waals surface area contributed by atoms with Crippen LogP contribution >= 0.6 is 0 Å². The first-order valence-electron chi connectivity index (χ1n) is 9.59. The molecule has 0 N–H and O–H groups in total. The van der Waals surface area contributed by atoms with Gasteiger partial charge in [0.1, 0.15) is 23.9 Å². The van der Waals surface area contributed by atoms with Crippen molar-refractivity contribution < 1.29 is 31.6 Å². The van der Waals surface area contributed by atoms with E-state index in [4.69, 9.17) is 18.4 Å². The molecule has 9 heteroatoms. The topological polar surface area (TPSA) is 91.4 Å². The summed E-state index contributed by atoms with van der Waals surface area (Å²) in [7, 11) is -4.05. The minimum Gasteiger partial charge on any atom is -0.444 e. The zero-order chi connectivity index (χ0) is 21.6. The Hall–Kier alpha value is -1.68. The minimum atomic E-state index is -4.05. The van der Waals surface area contributed by atoms with Crippen molar-refractivity contribution in [3.63, 3.8) is 0 Å². The normalized spacial score (nSPS) is 26.8. The van der Waals surface area contributed by atoms with Crippen LogP contribution < -0.4 is 0 Å². The summed E-state index contributed by atoms with van der Waals surface area (Å²) < 4.78 is 48.4. The lowest BCUT2D eigenvalue weighted by Gasteiger charge is -2.38. The lowest BCUT2D eigenvalue weighted by molar-refractivity contribution is -0.150. The number of carbonyl (C=O) groups excluding carboxylic acids is 1. The van der Waals surface area contributed by atoms with Crippen LogP contribution in [0.5, 0.6) is 0 Å². The first-order chi connectivity index (χ1) is 13.3. The highest BCUT2D eigenvalue weighted by molar-refractivity contribution is 7.86. The van der Waals surface area contributed by atoms with Gasteiger partial charge in [0.2, 0.25) is 0 Å². The number of rotatable bonds is 3. The van der Waals surface area contributed by atoms with Crippen LogP contribution in [0.4, 0.5) is 4.79 Å². The number of ether oxygens (including phenoxy) is 3. The Morgan fingerprint density at radius 3 is 2.34 bits per heavy atom. The maximum atomic E-state index is 12.8. The number of carbonyl (C=O) groups is 1. The second-order valence-corrected chi connectivity index (χ2v) is 10.5. The van der Waals surface area contributed by atoms with E-state index in [-0.39, 0.29) is 18.0 Å². The van der Waals surface area contributed by atoms with Crippen molar-refractivity contribution in [2.24, 2.45) is 0 Å². The summed E-state index contributed by atoms with van der Waals surface area (Å²) in [5.74, 6) is -0.908. The monoisotopic (exact) mass is 427 g/mol. The van der Waals surface area contributed by atoms with Gasteiger partial charge < -0.3 is 19.1 Å². The third kappa shape index (κ3) is 5.28. The third-order valence-corrected chi connectivity index (χ3v) is 5.95. The average Bonchev–Trinajstić information content (AvgIpc) is 2.87. The van der Waals surface area contributed by atoms with Crippen LogP contribution in [-0.4, -0.2) is 62.2 Å². The van der Waals surface area contributed by atoms with Crippen LogP contribution in [0.3, 0.4) is 0 Å². The maximum Gasteiger partial charge on any atom is 0.410 e. The minimum absolute atomic E-state index is 0.0145. The number of hydrogen-bond donors (Lipinski definition) is 0. The van der Waals surface area contributed by atoms with Crippen molar-refractivity contribution in [1.29, 1.82) is 0 Å². The fourth-order valence-electron chi connectivity index (χ4n) is 3.42. The third-order valence-electron chi connectivity index (χ3n) is 4.60. The molecule has 2 fully saturated rings. The van der Waals surface area contributed by atoms with Crippen molar-refractivity contribution in [1.82, 2.24) is 4.90 Å². The Bertz CT molecular complexity index is 858. The molecular formula is C20H29NO7S. The predicted octanol–water partition coefficient (Wildman–Crippen LogP) is 2.84. The van der Waals surface area contributed by atoms with Crippen molar-refractivity contribution in [2.45, 2.75) is 76.1 Å². The Balaban J connectivity index is 1.84. The van der Waals surface area contributed by atoms with E-state index in [1.54, 1.807) is 46.8 Å². The molecule has 3 rings (SSSR count). The molecule has 0 saturated carbocycles. The van der Waals surface area contributed by atoms with Gasteiger partial charge in [0, 0.05) is 0 Å². The van der Waals surface area contributed by atoms with Gasteiger partial charge in [-0.1, -0.05) is 17.7 Å². The summed E-state index contributed by atoms with van der Waals surface area (Å²) in [6.45, 7) is 10.9. The Morgan fingerprint density at radius 2 is 1.76 bits per heavy atom. The molecule has 2 heterocycles. The molecule has 162 valence electrons. The van der Waals surface area contributed by atoms with Gasteiger partial charge in [-0.05, 0) is 53.7 Å². The Morgan fingerprint density at radius 1 is 1.14 bits per heavy atom. The van der Waals surface area contributed by atoms with Gasteiger partial charge in [0.05, 0.1) is 18.0 Å². The molecule has 0 radical (unpaired) electrons. The van der Waals surface area contributed by atoms with Gasteiger partial charge in [-0.3, -0.25) is 4.18 Å². The standard InChI is InChI=1S/C20H29NO7S/c1-13-7-9-14(10-8-13)29(23,24)28-16-12-21(18(22)27-19(2,3)4)11-15-17(16)26-20(5,6)25-15/h7-10,15-17H,11-12H2,1-6H3/t15-,16+,17-/m0/s1. The van der Waals surface area contributed by atoms with Gasteiger partial charge in [0.25, 0.3) is 10.1 Å². The van der Waals surface area contributed by atoms with Gasteiger partial charge in [-0.2, -0.15) is 8.42 Å². The van der Waals surface area contributed by atoms with Crippen LogP contribution in [0.25, 0.3) is 0 Å². The van der Waals surface area contributed by atoms with Crippen LogP contribution in [0, 0.1) is 6.92 Å². The van der Waals surface area contributed by atoms with Gasteiger partial charge >= 0.3 is 6.09 Å². The van der Waals surface area contributed by atoms with E-state index < -0.39 is 45.9 Å². The van der Waals surface area contributed by atoms with E-state index in [0.717, 1.165) is 5.56 Å². The second kappa shape index (κ2) is 7.54. The van der Waals surface area contributed by atoms with Crippen molar-refractivity contribution in [2.75, 3.05) is 13.1 Å². The fourth-order valence-corrected chi connectivity index (χ4v) is 4.49. The van der Waals surface area contributed by atoms with E-state index in [9.17, 15) is 13.2 Å². The number of amides is 1. The van der Waals surface area contributed by atoms with Gasteiger partial charge in [-0.15, -0.1) is 0 Å². The largest absolute Gasteiger partial charge is 0.444 e. The van der Waals surface area contributed by atoms with E-state index >= 15 is 0 Å². The highest BCUT2D eigenvalue weighted by Gasteiger charge is 2.52. The molecular weight excluding hydrogens is 398 g/mol. The van der Waals surface area contributed by atoms with Crippen molar-refractivity contribution in [3.8, 4) is 0 Å². The van der Waals surface area contributed by atoms with Crippen molar-refractivity contribution >= 4 is 16.2 Å². The molecule has 0 aliphatic carbocycles. The molecule has 0 aromatic heterocycles. The summed E-state index contributed by atoms with van der Waals surface area (Å²) in [5, 5.41) is 0. The van der Waals surface area contributed by atoms with Gasteiger partial charge in [-0.25, -0.2) is 4.79 Å². The zero-order valence-corrected chi connectivity index (χ0v) is 18.5. The summed E-state index contributed by atoms with van der Waals surface area (Å²) in [5.41, 5.74) is 0.261. The predicted molar refractivity (Wildman–Crippen MR) is 105 cm³/mol. The maximum absolute atomic E-state index is 12.8. The molecule has 1 aromatic rings. The van der Waals surface area contributed by atoms with Crippen LogP contribution in [-0.2, 0) is 28.5 Å². The number of aryl methyl sites for hydroxylation is 1. The molecule has 0 spiro atoms. The van der Waals surface area contributed by atoms with E-state index in [1.807, 2.05) is 6.92 Å². The van der Waals surface area contributed by atoms with Crippen LogP contribution in [0.2, 0.25) is 0 Å². The number of fused-ring (bicyclic) bond motifs is 1. The van der Waals surface area contributed by atoms with Crippen LogP contribution in [0.1, 0.15) is 40.2 Å². The number of likely N-dealkylation sites (tertiary alicyclic amines) is 1. The highest BCUT2D eigenvalue weighted by atomic mass is 32.2. The molecule has 29 heavy (non-hydrogen) atoms. The molecule has 0 bridgehead atoms. The number of piperidine rings is 1. The van der Waals surface area contributed by atoms with Gasteiger partial charge in [0.15, 0.2) is 5.79 Å². The lowest BCUT2D eigenvalue weighted by Crippen LogP contribution is -2.57. The molecule has 8 nitrogen and oxygen atoms in total. The fraction of sp³-hybridized carbons (Fsp3) is 0.650. The quantitative estimate of drug-likeness (QED) is 0.685. The number of hydrogen-bond acceptors (Lipinski definition) is 7. The highest BCUT2D eigenvalue weighted by Crippen LogP contribution is 2.36. The Kier molecular flexibility index (Phi) is 5.72. The average molecular weight is 428 g/mol. The summed E-state index contributed by atoms with van der Waals surface area (Å²) in [6.07, 6.45) is -2.62. The van der Waals surface area contributed by atoms with E-state index in [0.29, 0.717) is 0 Å². The van der Waals surface area contributed by atoms with E-state index in [2.05, 4.69) is 0 Å².